The number of nitrogens with zero attached hydrogens (tertiary/aromatic N) is 1. The normalized spacial score (nSPS) is 28.1. The van der Waals surface area contributed by atoms with Gasteiger partial charge in [-0.1, -0.05) is 25.3 Å². The van der Waals surface area contributed by atoms with Crippen molar-refractivity contribution in [1.29, 1.82) is 0 Å². The lowest BCUT2D eigenvalue weighted by atomic mass is 9.75. The molecule has 2 unspecified atom stereocenters. The number of nitrogens with two attached hydrogens (primary N) is 1. The molecule has 1 aromatic carbocycles. The number of hydrogen-bond acceptors (Lipinski definition) is 2. The number of piperidine rings is 1. The van der Waals surface area contributed by atoms with Crippen LogP contribution in [0.4, 0.5) is 10.1 Å². The summed E-state index contributed by atoms with van der Waals surface area (Å²) in [5.74, 6) is 1.53. The van der Waals surface area contributed by atoms with E-state index in [2.05, 4.69) is 4.90 Å². The summed E-state index contributed by atoms with van der Waals surface area (Å²) in [5, 5.41) is 0. The Balaban J connectivity index is 1.84. The Kier molecular flexibility index (Phi) is 3.97. The zero-order valence-electron chi connectivity index (χ0n) is 12.3. The average Bonchev–Trinajstić information content (AvgIpc) is 2.46. The summed E-state index contributed by atoms with van der Waals surface area (Å²) in [6, 6.07) is 5.11. The fraction of sp³-hybridized carbons (Fsp3) is 0.647. The third-order valence-electron chi connectivity index (χ3n) is 5.12. The third-order valence-corrected chi connectivity index (χ3v) is 5.12. The van der Waals surface area contributed by atoms with Crippen molar-refractivity contribution in [3.63, 3.8) is 0 Å². The molecule has 1 saturated carbocycles. The van der Waals surface area contributed by atoms with Crippen molar-refractivity contribution in [1.82, 2.24) is 0 Å². The average molecular weight is 276 g/mol. The van der Waals surface area contributed by atoms with Crippen molar-refractivity contribution in [3.05, 3.63) is 29.6 Å². The Labute approximate surface area is 121 Å². The third kappa shape index (κ3) is 2.56. The standard InChI is InChI=1S/C17H25FN2/c1-12(19)17-15(18)7-4-8-16(17)20-10-9-13-5-2-3-6-14(13)11-20/h4,7-8,12-14H,2-3,5-6,9-11,19H2,1H3/t12-,13?,14?/m0/s1. The maximum Gasteiger partial charge on any atom is 0.130 e. The summed E-state index contributed by atoms with van der Waals surface area (Å²) in [6.45, 7) is 3.99. The van der Waals surface area contributed by atoms with Crippen molar-refractivity contribution in [3.8, 4) is 0 Å². The van der Waals surface area contributed by atoms with E-state index in [1.54, 1.807) is 0 Å². The molecule has 110 valence electrons. The highest BCUT2D eigenvalue weighted by Gasteiger charge is 2.32. The summed E-state index contributed by atoms with van der Waals surface area (Å²) < 4.78 is 14.1. The van der Waals surface area contributed by atoms with Crippen LogP contribution in [0.15, 0.2) is 18.2 Å². The molecule has 1 saturated heterocycles. The fourth-order valence-corrected chi connectivity index (χ4v) is 4.07. The van der Waals surface area contributed by atoms with Gasteiger partial charge in [0.2, 0.25) is 0 Å². The van der Waals surface area contributed by atoms with Gasteiger partial charge in [-0.05, 0) is 43.7 Å². The molecule has 0 radical (unpaired) electrons. The lowest BCUT2D eigenvalue weighted by molar-refractivity contribution is 0.202. The number of anilines is 1. The number of fused-ring (bicyclic) bond motifs is 1. The Morgan fingerprint density at radius 1 is 1.20 bits per heavy atom. The monoisotopic (exact) mass is 276 g/mol. The largest absolute Gasteiger partial charge is 0.371 e. The predicted molar refractivity (Wildman–Crippen MR) is 81.3 cm³/mol. The second-order valence-electron chi connectivity index (χ2n) is 6.50. The van der Waals surface area contributed by atoms with Gasteiger partial charge in [0.15, 0.2) is 0 Å². The summed E-state index contributed by atoms with van der Waals surface area (Å²) in [7, 11) is 0. The zero-order valence-corrected chi connectivity index (χ0v) is 12.3. The molecular weight excluding hydrogens is 251 g/mol. The molecule has 0 aromatic heterocycles. The number of halogens is 1. The highest BCUT2D eigenvalue weighted by atomic mass is 19.1. The van der Waals surface area contributed by atoms with Crippen LogP contribution in [-0.2, 0) is 0 Å². The molecule has 2 N–H and O–H groups in total. The van der Waals surface area contributed by atoms with Crippen LogP contribution in [-0.4, -0.2) is 13.1 Å². The summed E-state index contributed by atoms with van der Waals surface area (Å²) >= 11 is 0. The first-order valence-electron chi connectivity index (χ1n) is 7.95. The topological polar surface area (TPSA) is 29.3 Å². The van der Waals surface area contributed by atoms with Gasteiger partial charge in [0.1, 0.15) is 5.82 Å². The minimum Gasteiger partial charge on any atom is -0.371 e. The predicted octanol–water partition coefficient (Wildman–Crippen LogP) is 3.86. The quantitative estimate of drug-likeness (QED) is 0.888. The van der Waals surface area contributed by atoms with E-state index in [9.17, 15) is 4.39 Å². The smallest absolute Gasteiger partial charge is 0.130 e. The Morgan fingerprint density at radius 2 is 1.95 bits per heavy atom. The lowest BCUT2D eigenvalue weighted by Crippen LogP contribution is -2.42. The van der Waals surface area contributed by atoms with E-state index in [1.165, 1.54) is 38.2 Å². The molecule has 0 spiro atoms. The van der Waals surface area contributed by atoms with Gasteiger partial charge >= 0.3 is 0 Å². The van der Waals surface area contributed by atoms with Crippen LogP contribution in [0.1, 0.15) is 50.6 Å². The van der Waals surface area contributed by atoms with Gasteiger partial charge in [0.25, 0.3) is 0 Å². The van der Waals surface area contributed by atoms with E-state index in [1.807, 2.05) is 19.1 Å². The number of hydrogen-bond donors (Lipinski definition) is 1. The maximum atomic E-state index is 14.1. The number of rotatable bonds is 2. The van der Waals surface area contributed by atoms with Crippen LogP contribution in [0.3, 0.4) is 0 Å². The van der Waals surface area contributed by atoms with Gasteiger partial charge in [0.05, 0.1) is 0 Å². The van der Waals surface area contributed by atoms with Crippen LogP contribution < -0.4 is 10.6 Å². The molecule has 2 nitrogen and oxygen atoms in total. The molecule has 3 atom stereocenters. The first-order chi connectivity index (χ1) is 9.66. The highest BCUT2D eigenvalue weighted by molar-refractivity contribution is 5.56. The molecule has 2 fully saturated rings. The molecule has 3 heteroatoms. The van der Waals surface area contributed by atoms with Gasteiger partial charge in [-0.3, -0.25) is 0 Å². The van der Waals surface area contributed by atoms with Crippen molar-refractivity contribution >= 4 is 5.69 Å². The SMILES string of the molecule is C[C@H](N)c1c(F)cccc1N1CCC2CCCCC2C1. The zero-order chi connectivity index (χ0) is 14.1. The van der Waals surface area contributed by atoms with E-state index < -0.39 is 0 Å². The molecule has 1 heterocycles. The molecule has 3 rings (SSSR count). The Hall–Kier alpha value is -1.09. The van der Waals surface area contributed by atoms with Crippen LogP contribution in [0, 0.1) is 17.7 Å². The van der Waals surface area contributed by atoms with Crippen molar-refractivity contribution in [2.75, 3.05) is 18.0 Å². The van der Waals surface area contributed by atoms with E-state index >= 15 is 0 Å². The van der Waals surface area contributed by atoms with Crippen molar-refractivity contribution in [2.24, 2.45) is 17.6 Å². The molecule has 20 heavy (non-hydrogen) atoms. The first-order valence-corrected chi connectivity index (χ1v) is 7.95. The summed E-state index contributed by atoms with van der Waals surface area (Å²) in [4.78, 5) is 2.37. The molecular formula is C17H25FN2. The van der Waals surface area contributed by atoms with Crippen LogP contribution in [0.25, 0.3) is 0 Å². The minimum atomic E-state index is -0.254. The van der Waals surface area contributed by atoms with Gasteiger partial charge in [0, 0.05) is 30.4 Å². The number of benzene rings is 1. The molecule has 1 aliphatic heterocycles. The van der Waals surface area contributed by atoms with Crippen LogP contribution in [0.2, 0.25) is 0 Å². The van der Waals surface area contributed by atoms with Gasteiger partial charge in [-0.25, -0.2) is 4.39 Å². The molecule has 0 amide bonds. The Bertz CT molecular complexity index is 472. The summed E-state index contributed by atoms with van der Waals surface area (Å²) in [5.41, 5.74) is 7.69. The van der Waals surface area contributed by atoms with Gasteiger partial charge < -0.3 is 10.6 Å². The second-order valence-corrected chi connectivity index (χ2v) is 6.50. The van der Waals surface area contributed by atoms with E-state index in [-0.39, 0.29) is 11.9 Å². The molecule has 1 aromatic rings. The fourth-order valence-electron chi connectivity index (χ4n) is 4.07. The lowest BCUT2D eigenvalue weighted by Gasteiger charge is -2.43. The van der Waals surface area contributed by atoms with E-state index in [4.69, 9.17) is 5.73 Å². The molecule has 1 aliphatic carbocycles. The van der Waals surface area contributed by atoms with Gasteiger partial charge in [-0.15, -0.1) is 0 Å². The minimum absolute atomic E-state index is 0.164. The van der Waals surface area contributed by atoms with Crippen molar-refractivity contribution in [2.45, 2.75) is 45.1 Å². The van der Waals surface area contributed by atoms with Crippen LogP contribution >= 0.6 is 0 Å². The molecule has 2 aliphatic rings. The van der Waals surface area contributed by atoms with E-state index in [0.29, 0.717) is 5.56 Å². The Morgan fingerprint density at radius 3 is 2.70 bits per heavy atom. The van der Waals surface area contributed by atoms with Gasteiger partial charge in [-0.2, -0.15) is 0 Å². The first kappa shape index (κ1) is 13.9. The van der Waals surface area contributed by atoms with Crippen molar-refractivity contribution < 1.29 is 4.39 Å². The summed E-state index contributed by atoms with van der Waals surface area (Å²) in [6.07, 6.45) is 6.73. The maximum absolute atomic E-state index is 14.1. The second kappa shape index (κ2) is 5.72. The molecule has 0 bridgehead atoms. The van der Waals surface area contributed by atoms with Crippen LogP contribution in [0.5, 0.6) is 0 Å². The highest BCUT2D eigenvalue weighted by Crippen LogP contribution is 2.39. The van der Waals surface area contributed by atoms with E-state index in [0.717, 1.165) is 30.6 Å².